The molecule has 1 amide bonds. The third kappa shape index (κ3) is 5.28. The molecular weight excluding hydrogens is 322 g/mol. The number of para-hydroxylation sites is 1. The van der Waals surface area contributed by atoms with Crippen LogP contribution in [0, 0.1) is 0 Å². The molecule has 0 saturated carbocycles. The van der Waals surface area contributed by atoms with Crippen molar-refractivity contribution >= 4 is 34.1 Å². The average molecular weight is 339 g/mol. The molecule has 1 N–H and O–H groups in total. The minimum Gasteiger partial charge on any atom is -0.481 e. The minimum absolute atomic E-state index is 0.256. The molecule has 0 aliphatic carbocycles. The molecule has 6 nitrogen and oxygen atoms in total. The highest BCUT2D eigenvalue weighted by atomic mass is 32.2. The van der Waals surface area contributed by atoms with Gasteiger partial charge >= 0.3 is 0 Å². The Labute approximate surface area is 137 Å². The maximum atomic E-state index is 12.1. The van der Waals surface area contributed by atoms with Crippen LogP contribution in [-0.2, 0) is 9.53 Å². The lowest BCUT2D eigenvalue weighted by molar-refractivity contribution is -0.122. The van der Waals surface area contributed by atoms with Gasteiger partial charge in [-0.25, -0.2) is 0 Å². The molecule has 8 heteroatoms. The molecule has 0 spiro atoms. The molecule has 0 radical (unpaired) electrons. The molecule has 1 aromatic heterocycles. The van der Waals surface area contributed by atoms with Crippen molar-refractivity contribution in [1.29, 1.82) is 0 Å². The zero-order valence-electron chi connectivity index (χ0n) is 12.3. The Kier molecular flexibility index (Phi) is 6.63. The molecule has 1 heterocycles. The van der Waals surface area contributed by atoms with Gasteiger partial charge in [-0.3, -0.25) is 10.1 Å². The Morgan fingerprint density at radius 3 is 2.86 bits per heavy atom. The maximum Gasteiger partial charge on any atom is 0.266 e. The summed E-state index contributed by atoms with van der Waals surface area (Å²) in [5.41, 5.74) is 0. The summed E-state index contributed by atoms with van der Waals surface area (Å²) in [5, 5.41) is 11.1. The van der Waals surface area contributed by atoms with Crippen LogP contribution in [0.4, 0.5) is 5.13 Å². The van der Waals surface area contributed by atoms with E-state index in [1.54, 1.807) is 37.9 Å². The Balaban J connectivity index is 1.83. The van der Waals surface area contributed by atoms with Gasteiger partial charge in [0, 0.05) is 12.9 Å². The molecule has 1 atom stereocenters. The summed E-state index contributed by atoms with van der Waals surface area (Å²) in [6, 6.07) is 9.21. The zero-order valence-corrected chi connectivity index (χ0v) is 13.9. The number of anilines is 1. The number of carbonyl (C=O) groups is 1. The number of benzene rings is 1. The Morgan fingerprint density at radius 2 is 2.14 bits per heavy atom. The molecule has 0 saturated heterocycles. The Bertz CT molecular complexity index is 592. The quantitative estimate of drug-likeness (QED) is 0.453. The van der Waals surface area contributed by atoms with Gasteiger partial charge in [0.25, 0.3) is 5.91 Å². The molecule has 0 aliphatic heterocycles. The number of hydrogen-bond donors (Lipinski definition) is 1. The van der Waals surface area contributed by atoms with Gasteiger partial charge in [-0.2, -0.15) is 0 Å². The van der Waals surface area contributed by atoms with E-state index in [4.69, 9.17) is 9.47 Å². The van der Waals surface area contributed by atoms with Crippen molar-refractivity contribution in [2.75, 3.05) is 24.8 Å². The van der Waals surface area contributed by atoms with Crippen LogP contribution in [0.3, 0.4) is 0 Å². The molecule has 0 fully saturated rings. The van der Waals surface area contributed by atoms with Gasteiger partial charge in [0.1, 0.15) is 5.75 Å². The van der Waals surface area contributed by atoms with E-state index in [1.807, 2.05) is 18.2 Å². The number of nitrogens with zero attached hydrogens (tertiary/aromatic N) is 2. The highest BCUT2D eigenvalue weighted by Gasteiger charge is 2.17. The second-order valence-corrected chi connectivity index (χ2v) is 6.60. The van der Waals surface area contributed by atoms with E-state index >= 15 is 0 Å². The predicted octanol–water partition coefficient (Wildman–Crippen LogP) is 2.68. The summed E-state index contributed by atoms with van der Waals surface area (Å²) in [6.07, 6.45) is -0.615. The number of rotatable bonds is 8. The fraction of sp³-hybridized carbons (Fsp3) is 0.357. The van der Waals surface area contributed by atoms with Crippen molar-refractivity contribution in [3.63, 3.8) is 0 Å². The molecule has 0 unspecified atom stereocenters. The highest BCUT2D eigenvalue weighted by molar-refractivity contribution is 8.01. The van der Waals surface area contributed by atoms with Crippen LogP contribution >= 0.6 is 23.1 Å². The Morgan fingerprint density at radius 1 is 1.36 bits per heavy atom. The average Bonchev–Trinajstić information content (AvgIpc) is 2.96. The molecule has 2 aromatic rings. The van der Waals surface area contributed by atoms with E-state index in [-0.39, 0.29) is 5.91 Å². The third-order valence-corrected chi connectivity index (χ3v) is 4.51. The topological polar surface area (TPSA) is 73.3 Å². The van der Waals surface area contributed by atoms with Crippen molar-refractivity contribution in [1.82, 2.24) is 10.2 Å². The summed E-state index contributed by atoms with van der Waals surface area (Å²) in [6.45, 7) is 2.34. The van der Waals surface area contributed by atoms with Crippen molar-refractivity contribution in [2.24, 2.45) is 0 Å². The number of carbonyl (C=O) groups excluding carboxylic acids is 1. The number of thioether (sulfide) groups is 1. The normalized spacial score (nSPS) is 11.9. The van der Waals surface area contributed by atoms with E-state index in [2.05, 4.69) is 15.5 Å². The van der Waals surface area contributed by atoms with Crippen molar-refractivity contribution in [3.05, 3.63) is 30.3 Å². The number of nitrogens with one attached hydrogen (secondary N) is 1. The number of methoxy groups -OCH3 is 1. The van der Waals surface area contributed by atoms with Gasteiger partial charge in [-0.1, -0.05) is 41.3 Å². The first-order valence-electron chi connectivity index (χ1n) is 6.67. The maximum absolute atomic E-state index is 12.1. The molecule has 2 rings (SSSR count). The SMILES string of the molecule is COCCSc1nnc(NC(=O)[C@@H](C)Oc2ccccc2)s1. The lowest BCUT2D eigenvalue weighted by Crippen LogP contribution is -2.30. The molecule has 1 aromatic carbocycles. The summed E-state index contributed by atoms with van der Waals surface area (Å²) >= 11 is 2.87. The fourth-order valence-electron chi connectivity index (χ4n) is 1.49. The Hall–Kier alpha value is -1.64. The fourth-order valence-corrected chi connectivity index (χ4v) is 3.22. The summed E-state index contributed by atoms with van der Waals surface area (Å²) < 4.78 is 11.3. The van der Waals surface area contributed by atoms with Crippen LogP contribution in [0.25, 0.3) is 0 Å². The van der Waals surface area contributed by atoms with Gasteiger partial charge < -0.3 is 9.47 Å². The van der Waals surface area contributed by atoms with Crippen LogP contribution in [0.1, 0.15) is 6.92 Å². The number of ether oxygens (including phenoxy) is 2. The molecule has 118 valence electrons. The van der Waals surface area contributed by atoms with E-state index in [1.165, 1.54) is 11.3 Å². The van der Waals surface area contributed by atoms with Gasteiger partial charge in [-0.05, 0) is 19.1 Å². The number of hydrogen-bond acceptors (Lipinski definition) is 7. The first-order chi connectivity index (χ1) is 10.7. The monoisotopic (exact) mass is 339 g/mol. The molecular formula is C14H17N3O3S2. The van der Waals surface area contributed by atoms with Crippen molar-refractivity contribution in [2.45, 2.75) is 17.4 Å². The standard InChI is InChI=1S/C14H17N3O3S2/c1-10(20-11-6-4-3-5-7-11)12(18)15-13-16-17-14(22-13)21-9-8-19-2/h3-7,10H,8-9H2,1-2H3,(H,15,16,18)/t10-/m1/s1. The lowest BCUT2D eigenvalue weighted by atomic mass is 10.3. The van der Waals surface area contributed by atoms with E-state index < -0.39 is 6.10 Å². The van der Waals surface area contributed by atoms with Gasteiger partial charge in [0.15, 0.2) is 10.4 Å². The first kappa shape index (κ1) is 16.7. The van der Waals surface area contributed by atoms with Gasteiger partial charge in [0.05, 0.1) is 6.61 Å². The number of amides is 1. The van der Waals surface area contributed by atoms with E-state index in [0.29, 0.717) is 17.5 Å². The van der Waals surface area contributed by atoms with Crippen molar-refractivity contribution in [3.8, 4) is 5.75 Å². The molecule has 22 heavy (non-hydrogen) atoms. The second kappa shape index (κ2) is 8.72. The zero-order chi connectivity index (χ0) is 15.8. The second-order valence-electron chi connectivity index (χ2n) is 4.28. The van der Waals surface area contributed by atoms with Crippen LogP contribution in [0.15, 0.2) is 34.7 Å². The molecule has 0 aliphatic rings. The minimum atomic E-state index is -0.615. The molecule has 0 bridgehead atoms. The lowest BCUT2D eigenvalue weighted by Gasteiger charge is -2.13. The third-order valence-electron chi connectivity index (χ3n) is 2.57. The largest absolute Gasteiger partial charge is 0.481 e. The first-order valence-corrected chi connectivity index (χ1v) is 8.47. The smallest absolute Gasteiger partial charge is 0.266 e. The summed E-state index contributed by atoms with van der Waals surface area (Å²) in [5.74, 6) is 1.19. The summed E-state index contributed by atoms with van der Waals surface area (Å²) in [7, 11) is 1.65. The van der Waals surface area contributed by atoms with Crippen LogP contribution < -0.4 is 10.1 Å². The predicted molar refractivity (Wildman–Crippen MR) is 87.7 cm³/mol. The van der Waals surface area contributed by atoms with Crippen LogP contribution in [0.2, 0.25) is 0 Å². The van der Waals surface area contributed by atoms with Crippen molar-refractivity contribution < 1.29 is 14.3 Å². The van der Waals surface area contributed by atoms with Gasteiger partial charge in [-0.15, -0.1) is 10.2 Å². The van der Waals surface area contributed by atoms with E-state index in [9.17, 15) is 4.79 Å². The van der Waals surface area contributed by atoms with Crippen LogP contribution in [-0.4, -0.2) is 41.7 Å². The van der Waals surface area contributed by atoms with E-state index in [0.717, 1.165) is 10.1 Å². The van der Waals surface area contributed by atoms with Gasteiger partial charge in [0.2, 0.25) is 5.13 Å². The summed E-state index contributed by atoms with van der Waals surface area (Å²) in [4.78, 5) is 12.1. The number of aromatic nitrogens is 2. The highest BCUT2D eigenvalue weighted by Crippen LogP contribution is 2.25. The van der Waals surface area contributed by atoms with Crippen LogP contribution in [0.5, 0.6) is 5.75 Å².